The molecule has 16 N–H and O–H groups in total. The monoisotopic (exact) mass is 1280 g/mol. The molecule has 32 atom stereocenters. The van der Waals surface area contributed by atoms with E-state index in [2.05, 4.69) is 6.92 Å². The highest BCUT2D eigenvalue weighted by Crippen LogP contribution is 2.76. The summed E-state index contributed by atoms with van der Waals surface area (Å²) < 4.78 is 64.4. The van der Waals surface area contributed by atoms with Gasteiger partial charge in [0.2, 0.25) is 6.29 Å². The first-order valence-electron chi connectivity index (χ1n) is 30.8. The van der Waals surface area contributed by atoms with E-state index >= 15 is 4.79 Å². The van der Waals surface area contributed by atoms with Crippen molar-refractivity contribution in [3.63, 3.8) is 0 Å². The zero-order valence-corrected chi connectivity index (χ0v) is 50.9. The lowest BCUT2D eigenvalue weighted by atomic mass is 9.33. The second-order valence-corrected chi connectivity index (χ2v) is 28.4. The van der Waals surface area contributed by atoms with Gasteiger partial charge in [-0.2, -0.15) is 0 Å². The molecule has 30 heteroatoms. The molecule has 0 aromatic rings. The fourth-order valence-electron chi connectivity index (χ4n) is 17.7. The molecule has 89 heavy (non-hydrogen) atoms. The van der Waals surface area contributed by atoms with Crippen molar-refractivity contribution in [3.05, 3.63) is 11.6 Å². The minimum Gasteiger partial charge on any atom is -0.481 e. The molecule has 32 unspecified atom stereocenters. The Morgan fingerprint density at radius 1 is 0.618 bits per heavy atom. The predicted octanol–water partition coefficient (Wildman–Crippen LogP) is -4.72. The number of carbonyl (C=O) groups excluding carboxylic acids is 2. The van der Waals surface area contributed by atoms with Crippen molar-refractivity contribution in [3.8, 4) is 0 Å². The van der Waals surface area contributed by atoms with Gasteiger partial charge in [-0.05, 0) is 97.7 Å². The molecule has 4 saturated carbocycles. The number of fused-ring (bicyclic) bond motifs is 7. The molecule has 0 radical (unpaired) electrons. The smallest absolute Gasteiger partial charge is 0.317 e. The summed E-state index contributed by atoms with van der Waals surface area (Å²) in [6.07, 6.45) is -35.6. The first-order chi connectivity index (χ1) is 41.6. The molecule has 0 bridgehead atoms. The fourth-order valence-corrected chi connectivity index (χ4v) is 17.7. The minimum atomic E-state index is -2.22. The quantitative estimate of drug-likeness (QED) is 0.0416. The van der Waals surface area contributed by atoms with Gasteiger partial charge in [-0.25, -0.2) is 0 Å². The number of allylic oxidation sites excluding steroid dienone is 2. The van der Waals surface area contributed by atoms with Gasteiger partial charge in [0.05, 0.1) is 58.0 Å². The summed E-state index contributed by atoms with van der Waals surface area (Å²) in [6.45, 7) is 8.12. The third-order valence-corrected chi connectivity index (χ3v) is 22.8. The van der Waals surface area contributed by atoms with Crippen LogP contribution in [0.1, 0.15) is 99.8 Å². The average Bonchev–Trinajstić information content (AvgIpc) is 1.54. The number of esters is 2. The standard InChI is InChI=1S/C59H92O30/c1-23-40(85-46-39(73)41(29(66)19-79-46)86-50-44(74)57(78,20-61)22-81-50)38(72)43(83-24(2)63)49(82-23)87-42-34(68)28(65)18-80-48(42)89-52(77)58-13-12-53(3,4)14-26(58)25-8-9-31-54(5)15-27(64)45(88-47-37(71)36(70)35(69)30(17-60)84-47)59(21-62,51(75)76)32(54)10-11-55(31,6)56(25,7)16-33(58)67/h8,23,26-50,60-62,64-74,78H,9-22H2,1-7H3,(H,75,76). The van der Waals surface area contributed by atoms with Gasteiger partial charge in [0.25, 0.3) is 0 Å². The first kappa shape index (κ1) is 69.0. The molecule has 0 aromatic carbocycles. The Morgan fingerprint density at radius 2 is 1.28 bits per heavy atom. The van der Waals surface area contributed by atoms with Crippen LogP contribution in [0.4, 0.5) is 0 Å². The van der Waals surface area contributed by atoms with Crippen LogP contribution in [0.15, 0.2) is 11.6 Å². The van der Waals surface area contributed by atoms with Crippen LogP contribution in [0.5, 0.6) is 0 Å². The molecule has 9 fully saturated rings. The van der Waals surface area contributed by atoms with E-state index in [0.29, 0.717) is 25.7 Å². The predicted molar refractivity (Wildman–Crippen MR) is 292 cm³/mol. The van der Waals surface area contributed by atoms with E-state index in [0.717, 1.165) is 12.5 Å². The number of carbonyl (C=O) groups is 3. The lowest BCUT2D eigenvalue weighted by Gasteiger charge is -2.72. The average molecular weight is 1280 g/mol. The Bertz CT molecular complexity index is 2590. The highest BCUT2D eigenvalue weighted by molar-refractivity contribution is 5.80. The Balaban J connectivity index is 0.893. The topological polar surface area (TPSA) is 476 Å². The highest BCUT2D eigenvalue weighted by atomic mass is 16.8. The maximum absolute atomic E-state index is 15.6. The van der Waals surface area contributed by atoms with Crippen LogP contribution in [0.3, 0.4) is 0 Å². The number of rotatable bonds is 15. The third kappa shape index (κ3) is 11.2. The number of ether oxygens (including phenoxy) is 11. The van der Waals surface area contributed by atoms with Crippen LogP contribution >= 0.6 is 0 Å². The van der Waals surface area contributed by atoms with Gasteiger partial charge in [0.15, 0.2) is 37.4 Å². The van der Waals surface area contributed by atoms with Crippen LogP contribution in [0, 0.1) is 50.2 Å². The Hall–Kier alpha value is -2.81. The molecule has 0 aromatic heterocycles. The van der Waals surface area contributed by atoms with E-state index in [1.54, 1.807) is 0 Å². The molecule has 30 nitrogen and oxygen atoms in total. The normalized spacial score (nSPS) is 53.0. The van der Waals surface area contributed by atoms with Gasteiger partial charge < -0.3 is 134 Å². The van der Waals surface area contributed by atoms with E-state index in [1.165, 1.54) is 6.92 Å². The number of carboxylic acid groups (broad SMARTS) is 1. The van der Waals surface area contributed by atoms with Gasteiger partial charge in [-0.15, -0.1) is 0 Å². The van der Waals surface area contributed by atoms with Gasteiger partial charge in [-0.1, -0.05) is 46.3 Å². The molecular formula is C59H92O30. The zero-order chi connectivity index (χ0) is 65.2. The summed E-state index contributed by atoms with van der Waals surface area (Å²) in [7, 11) is 0. The maximum Gasteiger partial charge on any atom is 0.317 e. The van der Waals surface area contributed by atoms with Crippen molar-refractivity contribution in [1.82, 2.24) is 0 Å². The fraction of sp³-hybridized carbons (Fsp3) is 0.915. The molecule has 5 aliphatic heterocycles. The summed E-state index contributed by atoms with van der Waals surface area (Å²) in [5, 5.41) is 177. The summed E-state index contributed by atoms with van der Waals surface area (Å²) in [6, 6.07) is 0. The van der Waals surface area contributed by atoms with E-state index < -0.39 is 255 Å². The SMILES string of the molecule is CC(=O)OC1C(OC2C(OC(=O)C34CCC(C)(C)CC3C3=CCC5C6(C)CC(O)C(OC7OC(CO)C(O)C(O)C7O)C(CO)(C(=O)O)C6CCC5(C)C3(C)CC4O)OCC(O)C2O)OC(C)C(OC2OCC(O)C(OC3OCC(O)(CO)C3O)C2O)C1O. The number of hydrogen-bond acceptors (Lipinski definition) is 29. The third-order valence-electron chi connectivity index (χ3n) is 22.8. The first-order valence-corrected chi connectivity index (χ1v) is 30.8. The maximum atomic E-state index is 15.6. The molecular weight excluding hydrogens is 1190 g/mol. The summed E-state index contributed by atoms with van der Waals surface area (Å²) in [5.74, 6) is -5.40. The second kappa shape index (κ2) is 25.1. The lowest BCUT2D eigenvalue weighted by Crippen LogP contribution is -2.72. The minimum absolute atomic E-state index is 0.00984. The summed E-state index contributed by atoms with van der Waals surface area (Å²) >= 11 is 0. The number of carboxylic acids is 1. The number of aliphatic hydroxyl groups excluding tert-OH is 14. The lowest BCUT2D eigenvalue weighted by molar-refractivity contribution is -0.372. The van der Waals surface area contributed by atoms with Crippen LogP contribution in [-0.2, 0) is 66.5 Å². The zero-order valence-electron chi connectivity index (χ0n) is 50.9. The van der Waals surface area contributed by atoms with Crippen molar-refractivity contribution < 1.29 is 148 Å². The van der Waals surface area contributed by atoms with Crippen LogP contribution in [0.25, 0.3) is 0 Å². The number of aliphatic carboxylic acids is 1. The highest BCUT2D eigenvalue weighted by Gasteiger charge is 2.75. The van der Waals surface area contributed by atoms with Crippen molar-refractivity contribution in [2.24, 2.45) is 50.2 Å². The van der Waals surface area contributed by atoms with Crippen molar-refractivity contribution in [2.45, 2.75) is 247 Å². The molecule has 10 aliphatic rings. The second-order valence-electron chi connectivity index (χ2n) is 28.4. The van der Waals surface area contributed by atoms with Gasteiger partial charge in [-0.3, -0.25) is 14.4 Å². The van der Waals surface area contributed by atoms with Crippen LogP contribution in [0.2, 0.25) is 0 Å². The Morgan fingerprint density at radius 3 is 1.92 bits per heavy atom. The molecule has 5 aliphatic carbocycles. The Labute approximate surface area is 513 Å². The van der Waals surface area contributed by atoms with E-state index in [1.807, 2.05) is 33.8 Å². The van der Waals surface area contributed by atoms with E-state index in [-0.39, 0.29) is 25.7 Å². The summed E-state index contributed by atoms with van der Waals surface area (Å²) in [5.41, 5.74) is -8.30. The number of aliphatic hydroxyl groups is 15. The van der Waals surface area contributed by atoms with E-state index in [9.17, 15) is 91.3 Å². The molecule has 508 valence electrons. The van der Waals surface area contributed by atoms with Crippen LogP contribution in [-0.4, -0.2) is 286 Å². The largest absolute Gasteiger partial charge is 0.481 e. The Kier molecular flexibility index (Phi) is 19.4. The van der Waals surface area contributed by atoms with E-state index in [4.69, 9.17) is 52.1 Å². The molecule has 10 rings (SSSR count). The summed E-state index contributed by atoms with van der Waals surface area (Å²) in [4.78, 5) is 42.1. The van der Waals surface area contributed by atoms with Crippen molar-refractivity contribution in [1.29, 1.82) is 0 Å². The molecule has 0 spiro atoms. The molecule has 5 saturated heterocycles. The van der Waals surface area contributed by atoms with Gasteiger partial charge in [0.1, 0.15) is 95.8 Å². The van der Waals surface area contributed by atoms with Crippen molar-refractivity contribution in [2.75, 3.05) is 39.6 Å². The van der Waals surface area contributed by atoms with Gasteiger partial charge >= 0.3 is 17.9 Å². The van der Waals surface area contributed by atoms with Gasteiger partial charge in [0, 0.05) is 6.92 Å². The van der Waals surface area contributed by atoms with Crippen LogP contribution < -0.4 is 0 Å². The molecule has 5 heterocycles. The molecule has 0 amide bonds. The van der Waals surface area contributed by atoms with Crippen molar-refractivity contribution >= 4 is 17.9 Å². The number of hydrogen-bond donors (Lipinski definition) is 16.